The smallest absolute Gasteiger partial charge is 0.0555 e. The van der Waals surface area contributed by atoms with Crippen molar-refractivity contribution in [2.75, 3.05) is 4.90 Å². The third-order valence-electron chi connectivity index (χ3n) is 9.50. The fourth-order valence-electron chi connectivity index (χ4n) is 7.24. The van der Waals surface area contributed by atoms with Crippen molar-refractivity contribution in [2.45, 2.75) is 0 Å². The van der Waals surface area contributed by atoms with Gasteiger partial charge in [0.1, 0.15) is 0 Å². The van der Waals surface area contributed by atoms with Gasteiger partial charge in [0.15, 0.2) is 0 Å². The summed E-state index contributed by atoms with van der Waals surface area (Å²) in [4.78, 5) is 2.48. The van der Waals surface area contributed by atoms with Gasteiger partial charge < -0.3 is 4.90 Å². The Morgan fingerprint density at radius 1 is 0.320 bits per heavy atom. The molecule has 0 fully saturated rings. The second kappa shape index (κ2) is 13.0. The average Bonchev–Trinajstić information content (AvgIpc) is 3.59. The van der Waals surface area contributed by atoms with Crippen LogP contribution in [0.2, 0.25) is 0 Å². The van der Waals surface area contributed by atoms with Gasteiger partial charge in [-0.1, -0.05) is 164 Å². The SMILES string of the molecule is c1ccc(-c2cccc(N(c3ccccc3-c3ccccc3-c3ccccc3-c3ccccc3)c3cccc4sc5ccccc5c34)c2)cc1. The summed E-state index contributed by atoms with van der Waals surface area (Å²) in [5.74, 6) is 0. The highest BCUT2D eigenvalue weighted by molar-refractivity contribution is 7.26. The minimum atomic E-state index is 1.11. The first-order valence-corrected chi connectivity index (χ1v) is 17.8. The fourth-order valence-corrected chi connectivity index (χ4v) is 8.37. The summed E-state index contributed by atoms with van der Waals surface area (Å²) in [6.45, 7) is 0. The molecule has 0 radical (unpaired) electrons. The predicted octanol–water partition coefficient (Wildman–Crippen LogP) is 14.2. The summed E-state index contributed by atoms with van der Waals surface area (Å²) in [5, 5.41) is 2.55. The topological polar surface area (TPSA) is 3.24 Å². The third kappa shape index (κ3) is 5.37. The number of rotatable bonds is 7. The van der Waals surface area contributed by atoms with Crippen LogP contribution < -0.4 is 4.90 Å². The molecule has 1 aromatic heterocycles. The maximum Gasteiger partial charge on any atom is 0.0555 e. The summed E-state index contributed by atoms with van der Waals surface area (Å²) in [5.41, 5.74) is 13.0. The predicted molar refractivity (Wildman–Crippen MR) is 216 cm³/mol. The number of hydrogen-bond donors (Lipinski definition) is 0. The van der Waals surface area contributed by atoms with Crippen molar-refractivity contribution in [1.29, 1.82) is 0 Å². The Morgan fingerprint density at radius 2 is 0.820 bits per heavy atom. The van der Waals surface area contributed by atoms with Gasteiger partial charge >= 0.3 is 0 Å². The van der Waals surface area contributed by atoms with Gasteiger partial charge in [0.25, 0.3) is 0 Å². The minimum Gasteiger partial charge on any atom is -0.309 e. The van der Waals surface area contributed by atoms with Crippen molar-refractivity contribution < 1.29 is 0 Å². The molecule has 50 heavy (non-hydrogen) atoms. The van der Waals surface area contributed by atoms with E-state index in [0.29, 0.717) is 0 Å². The molecule has 9 rings (SSSR count). The van der Waals surface area contributed by atoms with E-state index in [2.05, 4.69) is 205 Å². The molecule has 0 aliphatic rings. The van der Waals surface area contributed by atoms with Gasteiger partial charge in [0.05, 0.1) is 11.4 Å². The summed E-state index contributed by atoms with van der Waals surface area (Å²) < 4.78 is 2.58. The van der Waals surface area contributed by atoms with E-state index in [4.69, 9.17) is 0 Å². The molecule has 0 saturated carbocycles. The van der Waals surface area contributed by atoms with E-state index < -0.39 is 0 Å². The quantitative estimate of drug-likeness (QED) is 0.165. The number of anilines is 3. The number of fused-ring (bicyclic) bond motifs is 3. The molecule has 0 amide bonds. The molecule has 2 heteroatoms. The van der Waals surface area contributed by atoms with Crippen LogP contribution >= 0.6 is 11.3 Å². The van der Waals surface area contributed by atoms with Crippen LogP contribution in [0.5, 0.6) is 0 Å². The lowest BCUT2D eigenvalue weighted by atomic mass is 9.88. The van der Waals surface area contributed by atoms with Crippen LogP contribution in [0.15, 0.2) is 200 Å². The zero-order chi connectivity index (χ0) is 33.3. The van der Waals surface area contributed by atoms with Gasteiger partial charge in [-0.25, -0.2) is 0 Å². The highest BCUT2D eigenvalue weighted by Crippen LogP contribution is 2.49. The Kier molecular flexibility index (Phi) is 7.77. The molecular formula is C48H33NS. The number of benzene rings is 8. The molecule has 0 atom stereocenters. The standard InChI is InChI=1S/C48H33NS/c1-3-17-34(18-4-1)36-21-15-22-37(33-36)49(45-30-16-32-47-48(45)43-28-12-14-31-46(43)50-47)44-29-13-11-27-42(44)41-26-10-9-25-40(41)39-24-8-7-23-38(39)35-19-5-2-6-20-35/h1-33H. The molecule has 0 saturated heterocycles. The molecule has 0 aliphatic carbocycles. The third-order valence-corrected chi connectivity index (χ3v) is 10.6. The van der Waals surface area contributed by atoms with E-state index in [1.165, 1.54) is 70.4 Å². The van der Waals surface area contributed by atoms with E-state index in [-0.39, 0.29) is 0 Å². The zero-order valence-corrected chi connectivity index (χ0v) is 28.2. The van der Waals surface area contributed by atoms with Crippen LogP contribution in [0.3, 0.4) is 0 Å². The van der Waals surface area contributed by atoms with Gasteiger partial charge in [-0.15, -0.1) is 11.3 Å². The van der Waals surface area contributed by atoms with Crippen LogP contribution in [-0.2, 0) is 0 Å². The molecular weight excluding hydrogens is 623 g/mol. The van der Waals surface area contributed by atoms with E-state index in [1.807, 2.05) is 11.3 Å². The number of para-hydroxylation sites is 1. The van der Waals surface area contributed by atoms with E-state index in [1.54, 1.807) is 0 Å². The molecule has 0 unspecified atom stereocenters. The van der Waals surface area contributed by atoms with E-state index in [0.717, 1.165) is 11.4 Å². The second-order valence-corrected chi connectivity index (χ2v) is 13.6. The Labute approximate surface area is 297 Å². The second-order valence-electron chi connectivity index (χ2n) is 12.5. The van der Waals surface area contributed by atoms with Crippen LogP contribution in [-0.4, -0.2) is 0 Å². The van der Waals surface area contributed by atoms with Gasteiger partial charge in [-0.3, -0.25) is 0 Å². The molecule has 236 valence electrons. The summed E-state index contributed by atoms with van der Waals surface area (Å²) in [6, 6.07) is 72.4. The number of thiophene rings is 1. The van der Waals surface area contributed by atoms with Crippen LogP contribution in [0.1, 0.15) is 0 Å². The van der Waals surface area contributed by atoms with Crippen molar-refractivity contribution in [3.8, 4) is 44.5 Å². The molecule has 0 spiro atoms. The zero-order valence-electron chi connectivity index (χ0n) is 27.4. The Morgan fingerprint density at radius 3 is 1.58 bits per heavy atom. The minimum absolute atomic E-state index is 1.11. The lowest BCUT2D eigenvalue weighted by molar-refractivity contribution is 1.30. The molecule has 0 aliphatic heterocycles. The van der Waals surface area contributed by atoms with E-state index in [9.17, 15) is 0 Å². The average molecular weight is 656 g/mol. The van der Waals surface area contributed by atoms with Crippen molar-refractivity contribution in [3.63, 3.8) is 0 Å². The monoisotopic (exact) mass is 655 g/mol. The Hall–Kier alpha value is -6.22. The van der Waals surface area contributed by atoms with E-state index >= 15 is 0 Å². The van der Waals surface area contributed by atoms with Crippen molar-refractivity contribution >= 4 is 48.6 Å². The largest absolute Gasteiger partial charge is 0.309 e. The lowest BCUT2D eigenvalue weighted by Crippen LogP contribution is -2.12. The Balaban J connectivity index is 1.31. The maximum absolute atomic E-state index is 2.48. The molecule has 9 aromatic rings. The summed E-state index contributed by atoms with van der Waals surface area (Å²) >= 11 is 1.86. The van der Waals surface area contributed by atoms with Crippen molar-refractivity contribution in [1.82, 2.24) is 0 Å². The maximum atomic E-state index is 2.48. The molecule has 1 heterocycles. The first kappa shape index (κ1) is 29.9. The molecule has 8 aromatic carbocycles. The van der Waals surface area contributed by atoms with Gasteiger partial charge in [0, 0.05) is 31.4 Å². The summed E-state index contributed by atoms with van der Waals surface area (Å²) in [6.07, 6.45) is 0. The van der Waals surface area contributed by atoms with Gasteiger partial charge in [-0.05, 0) is 75.3 Å². The van der Waals surface area contributed by atoms with Gasteiger partial charge in [-0.2, -0.15) is 0 Å². The molecule has 0 N–H and O–H groups in total. The van der Waals surface area contributed by atoms with Crippen LogP contribution in [0, 0.1) is 0 Å². The summed E-state index contributed by atoms with van der Waals surface area (Å²) in [7, 11) is 0. The number of nitrogens with zero attached hydrogens (tertiary/aromatic N) is 1. The van der Waals surface area contributed by atoms with Gasteiger partial charge in [0.2, 0.25) is 0 Å². The lowest BCUT2D eigenvalue weighted by Gasteiger charge is -2.29. The van der Waals surface area contributed by atoms with Crippen LogP contribution in [0.25, 0.3) is 64.7 Å². The van der Waals surface area contributed by atoms with Crippen molar-refractivity contribution in [2.24, 2.45) is 0 Å². The fraction of sp³-hybridized carbons (Fsp3) is 0. The number of hydrogen-bond acceptors (Lipinski definition) is 2. The molecule has 1 nitrogen and oxygen atoms in total. The highest BCUT2D eigenvalue weighted by atomic mass is 32.1. The van der Waals surface area contributed by atoms with Crippen LogP contribution in [0.4, 0.5) is 17.1 Å². The highest BCUT2D eigenvalue weighted by Gasteiger charge is 2.23. The Bertz CT molecular complexity index is 2600. The first-order chi connectivity index (χ1) is 24.8. The normalized spacial score (nSPS) is 11.2. The molecule has 0 bridgehead atoms. The van der Waals surface area contributed by atoms with Crippen molar-refractivity contribution in [3.05, 3.63) is 200 Å². The first-order valence-electron chi connectivity index (χ1n) is 17.0.